The summed E-state index contributed by atoms with van der Waals surface area (Å²) in [4.78, 5) is 24.2. The molecule has 0 aromatic rings. The van der Waals surface area contributed by atoms with Crippen LogP contribution in [0.25, 0.3) is 0 Å². The summed E-state index contributed by atoms with van der Waals surface area (Å²) in [5, 5.41) is 8.38. The molecule has 0 spiro atoms. The molecular weight excluding hydrogens is 236 g/mol. The number of hydrogen-bond acceptors (Lipinski definition) is 5. The Kier molecular flexibility index (Phi) is 5.98. The molecule has 100 valence electrons. The fourth-order valence-electron chi connectivity index (χ4n) is 1.87. The van der Waals surface area contributed by atoms with Crippen molar-refractivity contribution in [2.75, 3.05) is 20.3 Å². The van der Waals surface area contributed by atoms with Crippen LogP contribution in [0.1, 0.15) is 32.1 Å². The minimum Gasteiger partial charge on any atom is -0.467 e. The summed E-state index contributed by atoms with van der Waals surface area (Å²) in [5.41, 5.74) is 0. The van der Waals surface area contributed by atoms with Crippen molar-refractivity contribution in [1.82, 2.24) is 4.90 Å². The number of esters is 1. The summed E-state index contributed by atoms with van der Waals surface area (Å²) in [6.45, 7) is 0.561. The van der Waals surface area contributed by atoms with Gasteiger partial charge in [0.1, 0.15) is 6.61 Å². The summed E-state index contributed by atoms with van der Waals surface area (Å²) in [6.07, 6.45) is 3.67. The maximum absolute atomic E-state index is 11.4. The molecule has 1 rings (SSSR count). The number of carbonyl (C=O) groups is 2. The van der Waals surface area contributed by atoms with Crippen LogP contribution in [0.2, 0.25) is 0 Å². The third-order valence-corrected chi connectivity index (χ3v) is 2.89. The lowest BCUT2D eigenvalue weighted by Crippen LogP contribution is -2.40. The standard InChI is InChI=1S/C12H18N2O4/c1-17-11(15)10-9-18-12(16)14(10)8-6-4-2-3-5-7-13/h10H,2-6,8-9H2,1H3. The summed E-state index contributed by atoms with van der Waals surface area (Å²) < 4.78 is 9.46. The van der Waals surface area contributed by atoms with E-state index in [9.17, 15) is 9.59 Å². The number of methoxy groups -OCH3 is 1. The molecule has 0 radical (unpaired) electrons. The smallest absolute Gasteiger partial charge is 0.410 e. The van der Waals surface area contributed by atoms with Gasteiger partial charge < -0.3 is 9.47 Å². The molecule has 0 aromatic carbocycles. The summed E-state index contributed by atoms with van der Waals surface area (Å²) in [7, 11) is 1.30. The van der Waals surface area contributed by atoms with Crippen molar-refractivity contribution in [1.29, 1.82) is 5.26 Å². The zero-order valence-electron chi connectivity index (χ0n) is 10.6. The van der Waals surface area contributed by atoms with Gasteiger partial charge in [-0.15, -0.1) is 0 Å². The average Bonchev–Trinajstić information content (AvgIpc) is 2.74. The van der Waals surface area contributed by atoms with Crippen LogP contribution in [0, 0.1) is 11.3 Å². The van der Waals surface area contributed by atoms with Crippen molar-refractivity contribution >= 4 is 12.1 Å². The van der Waals surface area contributed by atoms with Gasteiger partial charge in [-0.1, -0.05) is 12.8 Å². The van der Waals surface area contributed by atoms with E-state index in [1.54, 1.807) is 0 Å². The fourth-order valence-corrected chi connectivity index (χ4v) is 1.87. The number of unbranched alkanes of at least 4 members (excludes halogenated alkanes) is 4. The van der Waals surface area contributed by atoms with E-state index in [2.05, 4.69) is 10.8 Å². The van der Waals surface area contributed by atoms with Crippen molar-refractivity contribution in [3.05, 3.63) is 0 Å². The SMILES string of the molecule is COC(=O)C1COC(=O)N1CCCCCCC#N. The quantitative estimate of drug-likeness (QED) is 0.507. The number of nitriles is 1. The molecule has 0 aliphatic carbocycles. The van der Waals surface area contributed by atoms with Gasteiger partial charge in [0.25, 0.3) is 0 Å². The van der Waals surface area contributed by atoms with Crippen molar-refractivity contribution in [2.24, 2.45) is 0 Å². The predicted octanol–water partition coefficient (Wildman–Crippen LogP) is 1.45. The molecule has 18 heavy (non-hydrogen) atoms. The van der Waals surface area contributed by atoms with Gasteiger partial charge in [0.05, 0.1) is 13.2 Å². The molecule has 6 heteroatoms. The average molecular weight is 254 g/mol. The monoisotopic (exact) mass is 254 g/mol. The number of hydrogen-bond donors (Lipinski definition) is 0. The highest BCUT2D eigenvalue weighted by atomic mass is 16.6. The second-order valence-electron chi connectivity index (χ2n) is 4.13. The van der Waals surface area contributed by atoms with E-state index in [4.69, 9.17) is 10.00 Å². The number of rotatable bonds is 7. The Bertz CT molecular complexity index is 337. The molecule has 1 aliphatic rings. The van der Waals surface area contributed by atoms with Gasteiger partial charge in [-0.2, -0.15) is 5.26 Å². The van der Waals surface area contributed by atoms with E-state index in [0.29, 0.717) is 13.0 Å². The predicted molar refractivity (Wildman–Crippen MR) is 62.6 cm³/mol. The lowest BCUT2D eigenvalue weighted by Gasteiger charge is -2.18. The minimum absolute atomic E-state index is 0.0694. The molecule has 0 aromatic heterocycles. The van der Waals surface area contributed by atoms with Crippen molar-refractivity contribution < 1.29 is 19.1 Å². The van der Waals surface area contributed by atoms with Crippen LogP contribution in [0.4, 0.5) is 4.79 Å². The second kappa shape index (κ2) is 7.54. The number of carbonyl (C=O) groups excluding carboxylic acids is 2. The normalized spacial score (nSPS) is 18.3. The van der Waals surface area contributed by atoms with Crippen LogP contribution in [0.15, 0.2) is 0 Å². The van der Waals surface area contributed by atoms with Gasteiger partial charge in [-0.05, 0) is 12.8 Å². The molecule has 1 saturated heterocycles. The molecule has 0 saturated carbocycles. The molecular formula is C12H18N2O4. The van der Waals surface area contributed by atoms with Crippen molar-refractivity contribution in [3.63, 3.8) is 0 Å². The molecule has 1 atom stereocenters. The van der Waals surface area contributed by atoms with Crippen LogP contribution in [-0.2, 0) is 14.3 Å². The zero-order valence-corrected chi connectivity index (χ0v) is 10.6. The summed E-state index contributed by atoms with van der Waals surface area (Å²) in [6, 6.07) is 1.48. The first kappa shape index (κ1) is 14.3. The molecule has 1 heterocycles. The van der Waals surface area contributed by atoms with E-state index in [1.807, 2.05) is 0 Å². The minimum atomic E-state index is -0.610. The van der Waals surface area contributed by atoms with Gasteiger partial charge in [0, 0.05) is 13.0 Å². The van der Waals surface area contributed by atoms with E-state index in [-0.39, 0.29) is 6.61 Å². The number of ether oxygens (including phenoxy) is 2. The topological polar surface area (TPSA) is 79.6 Å². The number of cyclic esters (lactones) is 1. The van der Waals surface area contributed by atoms with Crippen LogP contribution in [-0.4, -0.2) is 43.3 Å². The van der Waals surface area contributed by atoms with Gasteiger partial charge in [0.15, 0.2) is 6.04 Å². The molecule has 1 aliphatic heterocycles. The number of nitrogens with zero attached hydrogens (tertiary/aromatic N) is 2. The van der Waals surface area contributed by atoms with Crippen LogP contribution in [0.5, 0.6) is 0 Å². The number of amides is 1. The van der Waals surface area contributed by atoms with Gasteiger partial charge in [-0.3, -0.25) is 4.90 Å². The Labute approximate surface area is 106 Å². The maximum atomic E-state index is 11.4. The Morgan fingerprint density at radius 3 is 2.89 bits per heavy atom. The maximum Gasteiger partial charge on any atom is 0.410 e. The molecule has 6 nitrogen and oxygen atoms in total. The molecule has 1 fully saturated rings. The highest BCUT2D eigenvalue weighted by Crippen LogP contribution is 2.15. The largest absolute Gasteiger partial charge is 0.467 e. The molecule has 1 unspecified atom stereocenters. The van der Waals surface area contributed by atoms with E-state index < -0.39 is 18.1 Å². The van der Waals surface area contributed by atoms with E-state index >= 15 is 0 Å². The Hall–Kier alpha value is -1.77. The lowest BCUT2D eigenvalue weighted by atomic mass is 10.1. The van der Waals surface area contributed by atoms with E-state index in [1.165, 1.54) is 12.0 Å². The van der Waals surface area contributed by atoms with Crippen LogP contribution < -0.4 is 0 Å². The van der Waals surface area contributed by atoms with Crippen molar-refractivity contribution in [3.8, 4) is 6.07 Å². The van der Waals surface area contributed by atoms with Crippen molar-refractivity contribution in [2.45, 2.75) is 38.1 Å². The van der Waals surface area contributed by atoms with Crippen LogP contribution in [0.3, 0.4) is 0 Å². The Balaban J connectivity index is 2.28. The lowest BCUT2D eigenvalue weighted by molar-refractivity contribution is -0.145. The zero-order chi connectivity index (χ0) is 13.4. The van der Waals surface area contributed by atoms with Crippen LogP contribution >= 0.6 is 0 Å². The third kappa shape index (κ3) is 3.91. The summed E-state index contributed by atoms with van der Waals surface area (Å²) in [5.74, 6) is -0.440. The third-order valence-electron chi connectivity index (χ3n) is 2.89. The molecule has 0 N–H and O–H groups in total. The first-order valence-electron chi connectivity index (χ1n) is 6.09. The highest BCUT2D eigenvalue weighted by Gasteiger charge is 2.38. The van der Waals surface area contributed by atoms with Gasteiger partial charge >= 0.3 is 12.1 Å². The first-order chi connectivity index (χ1) is 8.70. The van der Waals surface area contributed by atoms with Gasteiger partial charge in [-0.25, -0.2) is 9.59 Å². The molecule has 0 bridgehead atoms. The first-order valence-corrected chi connectivity index (χ1v) is 6.09. The fraction of sp³-hybridized carbons (Fsp3) is 0.750. The van der Waals surface area contributed by atoms with Gasteiger partial charge in [0.2, 0.25) is 0 Å². The Morgan fingerprint density at radius 1 is 1.50 bits per heavy atom. The highest BCUT2D eigenvalue weighted by molar-refractivity contribution is 5.84. The molecule has 1 amide bonds. The Morgan fingerprint density at radius 2 is 2.22 bits per heavy atom. The van der Waals surface area contributed by atoms with E-state index in [0.717, 1.165) is 25.7 Å². The second-order valence-corrected chi connectivity index (χ2v) is 4.13. The summed E-state index contributed by atoms with van der Waals surface area (Å²) >= 11 is 0.